The van der Waals surface area contributed by atoms with E-state index in [0.717, 1.165) is 0 Å². The zero-order chi connectivity index (χ0) is 10.0. The molecule has 0 radical (unpaired) electrons. The van der Waals surface area contributed by atoms with Crippen LogP contribution in [0, 0.1) is 12.7 Å². The Kier molecular flexibility index (Phi) is 3.22. The zero-order valence-corrected chi connectivity index (χ0v) is 8.98. The van der Waals surface area contributed by atoms with Crippen LogP contribution in [0.15, 0.2) is 4.47 Å². The number of aryl methyl sites for hydroxylation is 1. The first-order chi connectivity index (χ1) is 6.11. The summed E-state index contributed by atoms with van der Waals surface area (Å²) in [5.74, 6) is -0.338. The number of nitrogens with zero attached hydrogens (tertiary/aromatic N) is 1. The maximum Gasteiger partial charge on any atom is 0.189 e. The van der Waals surface area contributed by atoms with Gasteiger partial charge in [-0.05, 0) is 22.9 Å². The summed E-state index contributed by atoms with van der Waals surface area (Å²) >= 11 is 3.19. The van der Waals surface area contributed by atoms with Crippen LogP contribution in [-0.4, -0.2) is 12.1 Å². The highest BCUT2D eigenvalue weighted by molar-refractivity contribution is 9.10. The summed E-state index contributed by atoms with van der Waals surface area (Å²) in [4.78, 5) is 3.97. The fourth-order valence-electron chi connectivity index (χ4n) is 1.01. The minimum absolute atomic E-state index is 0.0658. The van der Waals surface area contributed by atoms with Crippen LogP contribution in [0.2, 0.25) is 0 Å². The Bertz CT molecular complexity index is 330. The molecule has 13 heavy (non-hydrogen) atoms. The molecule has 0 aliphatic heterocycles. The molecule has 0 amide bonds. The third-order valence-electron chi connectivity index (χ3n) is 1.67. The van der Waals surface area contributed by atoms with Gasteiger partial charge in [0.2, 0.25) is 0 Å². The van der Waals surface area contributed by atoms with Gasteiger partial charge in [-0.1, -0.05) is 0 Å². The van der Waals surface area contributed by atoms with E-state index in [4.69, 9.17) is 10.5 Å². The molecule has 0 saturated carbocycles. The van der Waals surface area contributed by atoms with Crippen LogP contribution in [0.5, 0.6) is 5.75 Å². The van der Waals surface area contributed by atoms with Gasteiger partial charge in [0.1, 0.15) is 0 Å². The third kappa shape index (κ3) is 1.81. The molecule has 1 aromatic rings. The fraction of sp³-hybridized carbons (Fsp3) is 0.375. The average Bonchev–Trinajstić information content (AvgIpc) is 2.12. The molecule has 3 nitrogen and oxygen atoms in total. The van der Waals surface area contributed by atoms with Crippen LogP contribution in [0.1, 0.15) is 11.4 Å². The Morgan fingerprint density at radius 2 is 2.23 bits per heavy atom. The van der Waals surface area contributed by atoms with Crippen LogP contribution >= 0.6 is 15.9 Å². The summed E-state index contributed by atoms with van der Waals surface area (Å²) in [6, 6.07) is 0. The number of aromatic nitrogens is 1. The number of pyridine rings is 1. The van der Waals surface area contributed by atoms with Gasteiger partial charge in [-0.15, -0.1) is 0 Å². The van der Waals surface area contributed by atoms with Gasteiger partial charge in [-0.25, -0.2) is 4.39 Å². The summed E-state index contributed by atoms with van der Waals surface area (Å²) in [6.07, 6.45) is 0. The SMILES string of the molecule is COc1c(F)c(CN)nc(C)c1Br. The number of rotatable bonds is 2. The maximum atomic E-state index is 13.4. The smallest absolute Gasteiger partial charge is 0.189 e. The molecule has 1 rings (SSSR count). The van der Waals surface area contributed by atoms with E-state index in [9.17, 15) is 4.39 Å². The number of ether oxygens (including phenoxy) is 1. The second-order valence-electron chi connectivity index (χ2n) is 2.51. The van der Waals surface area contributed by atoms with E-state index < -0.39 is 5.82 Å². The number of halogens is 2. The zero-order valence-electron chi connectivity index (χ0n) is 7.40. The fourth-order valence-corrected chi connectivity index (χ4v) is 1.43. The number of hydrogen-bond donors (Lipinski definition) is 1. The van der Waals surface area contributed by atoms with Crippen molar-refractivity contribution in [3.8, 4) is 5.75 Å². The molecule has 2 N–H and O–H groups in total. The van der Waals surface area contributed by atoms with Crippen molar-refractivity contribution in [2.75, 3.05) is 7.11 Å². The highest BCUT2D eigenvalue weighted by Gasteiger charge is 2.15. The van der Waals surface area contributed by atoms with E-state index in [1.165, 1.54) is 7.11 Å². The van der Waals surface area contributed by atoms with Crippen molar-refractivity contribution >= 4 is 15.9 Å². The maximum absolute atomic E-state index is 13.4. The van der Waals surface area contributed by atoms with Crippen molar-refractivity contribution in [2.24, 2.45) is 5.73 Å². The largest absolute Gasteiger partial charge is 0.492 e. The van der Waals surface area contributed by atoms with Crippen molar-refractivity contribution in [3.05, 3.63) is 21.7 Å². The predicted octanol–water partition coefficient (Wildman–Crippen LogP) is 1.76. The highest BCUT2D eigenvalue weighted by Crippen LogP contribution is 2.31. The van der Waals surface area contributed by atoms with E-state index in [-0.39, 0.29) is 18.0 Å². The Labute approximate surface area is 84.2 Å². The van der Waals surface area contributed by atoms with Gasteiger partial charge in [0.05, 0.1) is 23.0 Å². The third-order valence-corrected chi connectivity index (χ3v) is 2.60. The molecule has 0 unspecified atom stereocenters. The van der Waals surface area contributed by atoms with Crippen molar-refractivity contribution in [1.82, 2.24) is 4.98 Å². The molecule has 0 spiro atoms. The quantitative estimate of drug-likeness (QED) is 0.868. The molecule has 0 aliphatic carbocycles. The van der Waals surface area contributed by atoms with Crippen molar-refractivity contribution in [1.29, 1.82) is 0 Å². The lowest BCUT2D eigenvalue weighted by atomic mass is 10.2. The topological polar surface area (TPSA) is 48.1 Å². The minimum Gasteiger partial charge on any atom is -0.492 e. The summed E-state index contributed by atoms with van der Waals surface area (Å²) in [5, 5.41) is 0. The van der Waals surface area contributed by atoms with Crippen LogP contribution in [0.25, 0.3) is 0 Å². The standard InChI is InChI=1S/C8H10BrFN2O/c1-4-6(9)8(13-2)7(10)5(3-11)12-4/h3,11H2,1-2H3. The lowest BCUT2D eigenvalue weighted by Gasteiger charge is -2.09. The minimum atomic E-state index is -0.498. The molecule has 0 fully saturated rings. The average molecular weight is 249 g/mol. The Balaban J connectivity index is 3.39. The second kappa shape index (κ2) is 4.02. The van der Waals surface area contributed by atoms with E-state index in [1.54, 1.807) is 6.92 Å². The Morgan fingerprint density at radius 1 is 1.62 bits per heavy atom. The van der Waals surface area contributed by atoms with Crippen LogP contribution in [0.3, 0.4) is 0 Å². The molecule has 72 valence electrons. The van der Waals surface area contributed by atoms with Gasteiger partial charge in [-0.3, -0.25) is 4.98 Å². The van der Waals surface area contributed by atoms with Gasteiger partial charge in [0, 0.05) is 6.54 Å². The first-order valence-corrected chi connectivity index (χ1v) is 4.49. The molecule has 0 bridgehead atoms. The van der Waals surface area contributed by atoms with Gasteiger partial charge in [0.15, 0.2) is 11.6 Å². The molecular weight excluding hydrogens is 239 g/mol. The summed E-state index contributed by atoms with van der Waals surface area (Å²) < 4.78 is 18.8. The van der Waals surface area contributed by atoms with Crippen molar-refractivity contribution < 1.29 is 9.13 Å². The van der Waals surface area contributed by atoms with Gasteiger partial charge < -0.3 is 10.5 Å². The van der Waals surface area contributed by atoms with E-state index >= 15 is 0 Å². The Morgan fingerprint density at radius 3 is 2.69 bits per heavy atom. The van der Waals surface area contributed by atoms with E-state index in [0.29, 0.717) is 10.2 Å². The molecule has 5 heteroatoms. The molecule has 0 aromatic carbocycles. The van der Waals surface area contributed by atoms with Gasteiger partial charge >= 0.3 is 0 Å². The monoisotopic (exact) mass is 248 g/mol. The molecular formula is C8H10BrFN2O. The van der Waals surface area contributed by atoms with Crippen molar-refractivity contribution in [2.45, 2.75) is 13.5 Å². The number of hydrogen-bond acceptors (Lipinski definition) is 3. The van der Waals surface area contributed by atoms with Crippen LogP contribution in [0.4, 0.5) is 4.39 Å². The summed E-state index contributed by atoms with van der Waals surface area (Å²) in [6.45, 7) is 1.82. The second-order valence-corrected chi connectivity index (χ2v) is 3.30. The highest BCUT2D eigenvalue weighted by atomic mass is 79.9. The van der Waals surface area contributed by atoms with E-state index in [1.807, 2.05) is 0 Å². The molecule has 1 aromatic heterocycles. The lowest BCUT2D eigenvalue weighted by Crippen LogP contribution is -2.07. The van der Waals surface area contributed by atoms with Crippen molar-refractivity contribution in [3.63, 3.8) is 0 Å². The molecule has 0 aliphatic rings. The van der Waals surface area contributed by atoms with Crippen LogP contribution in [-0.2, 0) is 6.54 Å². The number of nitrogens with two attached hydrogens (primary N) is 1. The number of methoxy groups -OCH3 is 1. The Hall–Kier alpha value is -0.680. The first-order valence-electron chi connectivity index (χ1n) is 3.70. The molecule has 0 atom stereocenters. The van der Waals surface area contributed by atoms with Gasteiger partial charge in [0.25, 0.3) is 0 Å². The summed E-state index contributed by atoms with van der Waals surface area (Å²) in [7, 11) is 1.41. The molecule has 1 heterocycles. The van der Waals surface area contributed by atoms with E-state index in [2.05, 4.69) is 20.9 Å². The first kappa shape index (κ1) is 10.4. The molecule has 0 saturated heterocycles. The summed E-state index contributed by atoms with van der Waals surface area (Å²) in [5.41, 5.74) is 6.21. The predicted molar refractivity (Wildman–Crippen MR) is 51.1 cm³/mol. The normalized spacial score (nSPS) is 10.2. The van der Waals surface area contributed by atoms with Gasteiger partial charge in [-0.2, -0.15) is 0 Å². The lowest BCUT2D eigenvalue weighted by molar-refractivity contribution is 0.378. The van der Waals surface area contributed by atoms with Crippen LogP contribution < -0.4 is 10.5 Å².